The molecule has 2 aliphatic rings. The van der Waals surface area contributed by atoms with Gasteiger partial charge < -0.3 is 10.4 Å². The Labute approximate surface area is 122 Å². The van der Waals surface area contributed by atoms with Crippen LogP contribution in [0.5, 0.6) is 0 Å². The van der Waals surface area contributed by atoms with Crippen LogP contribution < -0.4 is 5.32 Å². The molecule has 2 fully saturated rings. The number of carbonyl (C=O) groups is 2. The molecule has 0 unspecified atom stereocenters. The van der Waals surface area contributed by atoms with Crippen LogP contribution in [0.2, 0.25) is 0 Å². The second-order valence-corrected chi connectivity index (χ2v) is 5.59. The Hall–Kier alpha value is -2.21. The molecule has 2 N–H and O–H groups in total. The maximum absolute atomic E-state index is 12.3. The Morgan fingerprint density at radius 2 is 1.95 bits per heavy atom. The molecule has 0 aromatic carbocycles. The van der Waals surface area contributed by atoms with Gasteiger partial charge in [-0.1, -0.05) is 12.8 Å². The molecule has 1 aliphatic carbocycles. The van der Waals surface area contributed by atoms with Crippen molar-refractivity contribution in [2.45, 2.75) is 31.3 Å². The molecule has 1 aromatic heterocycles. The molecule has 21 heavy (non-hydrogen) atoms. The van der Waals surface area contributed by atoms with Crippen LogP contribution in [-0.2, 0) is 4.79 Å². The van der Waals surface area contributed by atoms with Gasteiger partial charge in [0.05, 0.1) is 12.1 Å². The normalized spacial score (nSPS) is 22.9. The van der Waals surface area contributed by atoms with Crippen LogP contribution in [-0.4, -0.2) is 39.1 Å². The standard InChI is InChI=1S/C15H17N3O3/c19-13-12(9-11-3-7-16-8-4-11)17-14(20)18(13)10-15(21)5-1-2-6-15/h3-4,7-9,21H,1-2,5-6,10H2,(H,17,20)/b12-9+. The van der Waals surface area contributed by atoms with Gasteiger partial charge in [0, 0.05) is 12.4 Å². The van der Waals surface area contributed by atoms with E-state index in [1.807, 2.05) is 0 Å². The highest BCUT2D eigenvalue weighted by atomic mass is 16.3. The first-order valence-corrected chi connectivity index (χ1v) is 7.04. The van der Waals surface area contributed by atoms with Crippen molar-refractivity contribution in [2.24, 2.45) is 0 Å². The van der Waals surface area contributed by atoms with Crippen molar-refractivity contribution in [3.8, 4) is 0 Å². The van der Waals surface area contributed by atoms with Crippen LogP contribution in [0.25, 0.3) is 6.08 Å². The highest BCUT2D eigenvalue weighted by Crippen LogP contribution is 2.31. The molecule has 3 rings (SSSR count). The topological polar surface area (TPSA) is 82.5 Å². The number of carbonyl (C=O) groups excluding carboxylic acids is 2. The van der Waals surface area contributed by atoms with E-state index in [-0.39, 0.29) is 12.2 Å². The molecule has 2 heterocycles. The number of nitrogens with one attached hydrogen (secondary N) is 1. The molecule has 1 aliphatic heterocycles. The molecule has 3 amide bonds. The Morgan fingerprint density at radius 3 is 2.62 bits per heavy atom. The van der Waals surface area contributed by atoms with E-state index >= 15 is 0 Å². The third-order valence-electron chi connectivity index (χ3n) is 3.97. The van der Waals surface area contributed by atoms with Crippen LogP contribution >= 0.6 is 0 Å². The lowest BCUT2D eigenvalue weighted by Crippen LogP contribution is -2.44. The number of β-amino-alcohol motifs (C(OH)–C–C–N with tert-alkyl or cyclic N) is 1. The van der Waals surface area contributed by atoms with E-state index in [0.717, 1.165) is 23.3 Å². The molecule has 6 heteroatoms. The van der Waals surface area contributed by atoms with E-state index in [9.17, 15) is 14.7 Å². The predicted molar refractivity (Wildman–Crippen MR) is 75.9 cm³/mol. The van der Waals surface area contributed by atoms with Gasteiger partial charge in [0.2, 0.25) is 0 Å². The summed E-state index contributed by atoms with van der Waals surface area (Å²) in [5.74, 6) is -0.392. The number of urea groups is 1. The zero-order valence-corrected chi connectivity index (χ0v) is 11.6. The third-order valence-corrected chi connectivity index (χ3v) is 3.97. The molecule has 6 nitrogen and oxygen atoms in total. The maximum Gasteiger partial charge on any atom is 0.329 e. The van der Waals surface area contributed by atoms with E-state index in [0.29, 0.717) is 12.8 Å². The fourth-order valence-corrected chi connectivity index (χ4v) is 2.83. The van der Waals surface area contributed by atoms with Crippen molar-refractivity contribution < 1.29 is 14.7 Å². The Balaban J connectivity index is 1.78. The number of imide groups is 1. The van der Waals surface area contributed by atoms with E-state index < -0.39 is 17.5 Å². The highest BCUT2D eigenvalue weighted by Gasteiger charge is 2.41. The number of hydrogen-bond donors (Lipinski definition) is 2. The number of amides is 3. The zero-order valence-electron chi connectivity index (χ0n) is 11.6. The van der Waals surface area contributed by atoms with E-state index in [4.69, 9.17) is 0 Å². The summed E-state index contributed by atoms with van der Waals surface area (Å²) in [5.41, 5.74) is 0.0851. The summed E-state index contributed by atoms with van der Waals surface area (Å²) in [6, 6.07) is 3.03. The molecule has 0 bridgehead atoms. The molecular formula is C15H17N3O3. The number of aromatic nitrogens is 1. The van der Waals surface area contributed by atoms with E-state index in [2.05, 4.69) is 10.3 Å². The van der Waals surface area contributed by atoms with Gasteiger partial charge in [-0.3, -0.25) is 14.7 Å². The Bertz CT molecular complexity index is 591. The fourth-order valence-electron chi connectivity index (χ4n) is 2.83. The van der Waals surface area contributed by atoms with Crippen LogP contribution in [0.1, 0.15) is 31.2 Å². The SMILES string of the molecule is O=C1N/C(=C/c2ccncc2)C(=O)N1CC1(O)CCCC1. The lowest BCUT2D eigenvalue weighted by molar-refractivity contribution is -0.125. The average molecular weight is 287 g/mol. The molecule has 0 spiro atoms. The highest BCUT2D eigenvalue weighted by molar-refractivity contribution is 6.14. The van der Waals surface area contributed by atoms with Crippen molar-refractivity contribution in [1.82, 2.24) is 15.2 Å². The van der Waals surface area contributed by atoms with Gasteiger partial charge in [-0.2, -0.15) is 0 Å². The largest absolute Gasteiger partial charge is 0.388 e. The molecule has 110 valence electrons. The van der Waals surface area contributed by atoms with Crippen LogP contribution in [0.4, 0.5) is 4.79 Å². The van der Waals surface area contributed by atoms with E-state index in [1.165, 1.54) is 0 Å². The third kappa shape index (κ3) is 2.80. The van der Waals surface area contributed by atoms with Crippen LogP contribution in [0.3, 0.4) is 0 Å². The lowest BCUT2D eigenvalue weighted by Gasteiger charge is -2.26. The van der Waals surface area contributed by atoms with Crippen molar-refractivity contribution in [1.29, 1.82) is 0 Å². The van der Waals surface area contributed by atoms with Crippen molar-refractivity contribution in [3.05, 3.63) is 35.8 Å². The van der Waals surface area contributed by atoms with Crippen molar-refractivity contribution in [2.75, 3.05) is 6.54 Å². The zero-order chi connectivity index (χ0) is 14.9. The second kappa shape index (κ2) is 5.29. The van der Waals surface area contributed by atoms with Gasteiger partial charge in [0.25, 0.3) is 5.91 Å². The van der Waals surface area contributed by atoms with Crippen LogP contribution in [0.15, 0.2) is 30.2 Å². The fraction of sp³-hybridized carbons (Fsp3) is 0.400. The van der Waals surface area contributed by atoms with Crippen LogP contribution in [0, 0.1) is 0 Å². The minimum absolute atomic E-state index is 0.0609. The summed E-state index contributed by atoms with van der Waals surface area (Å²) in [4.78, 5) is 29.2. The summed E-state index contributed by atoms with van der Waals surface area (Å²) in [5, 5.41) is 12.9. The van der Waals surface area contributed by atoms with Crippen molar-refractivity contribution in [3.63, 3.8) is 0 Å². The Kier molecular flexibility index (Phi) is 3.47. The molecule has 0 radical (unpaired) electrons. The number of nitrogens with zero attached hydrogens (tertiary/aromatic N) is 2. The Morgan fingerprint density at radius 1 is 1.29 bits per heavy atom. The summed E-state index contributed by atoms with van der Waals surface area (Å²) in [6.45, 7) is 0.0609. The van der Waals surface area contributed by atoms with Crippen molar-refractivity contribution >= 4 is 18.0 Å². The first-order chi connectivity index (χ1) is 10.1. The molecule has 0 atom stereocenters. The average Bonchev–Trinajstić information content (AvgIpc) is 3.00. The minimum atomic E-state index is -0.931. The maximum atomic E-state index is 12.3. The second-order valence-electron chi connectivity index (χ2n) is 5.59. The van der Waals surface area contributed by atoms with Gasteiger partial charge >= 0.3 is 6.03 Å². The predicted octanol–water partition coefficient (Wildman–Crippen LogP) is 1.28. The van der Waals surface area contributed by atoms with Gasteiger partial charge in [0.15, 0.2) is 0 Å². The minimum Gasteiger partial charge on any atom is -0.388 e. The summed E-state index contributed by atoms with van der Waals surface area (Å²) >= 11 is 0. The monoisotopic (exact) mass is 287 g/mol. The summed E-state index contributed by atoms with van der Waals surface area (Å²) in [7, 11) is 0. The number of hydrogen-bond acceptors (Lipinski definition) is 4. The van der Waals surface area contributed by atoms with Gasteiger partial charge in [0.1, 0.15) is 5.70 Å². The number of pyridine rings is 1. The van der Waals surface area contributed by atoms with Gasteiger partial charge in [-0.15, -0.1) is 0 Å². The molecule has 1 saturated heterocycles. The van der Waals surface area contributed by atoms with Gasteiger partial charge in [-0.05, 0) is 36.6 Å². The summed E-state index contributed by atoms with van der Waals surface area (Å²) < 4.78 is 0. The molecular weight excluding hydrogens is 270 g/mol. The van der Waals surface area contributed by atoms with E-state index in [1.54, 1.807) is 30.6 Å². The number of rotatable bonds is 3. The quantitative estimate of drug-likeness (QED) is 0.648. The summed E-state index contributed by atoms with van der Waals surface area (Å²) in [6.07, 6.45) is 7.97. The molecule has 1 saturated carbocycles. The first-order valence-electron chi connectivity index (χ1n) is 7.04. The first kappa shape index (κ1) is 13.8. The smallest absolute Gasteiger partial charge is 0.329 e. The molecule has 1 aromatic rings. The lowest BCUT2D eigenvalue weighted by atomic mass is 10.0. The number of aliphatic hydroxyl groups is 1. The van der Waals surface area contributed by atoms with Gasteiger partial charge in [-0.25, -0.2) is 4.79 Å².